The molecule has 5 nitrogen and oxygen atoms in total. The Bertz CT molecular complexity index is 881. The molecular formula is C19H18N2O3S. The summed E-state index contributed by atoms with van der Waals surface area (Å²) in [4.78, 5) is 16.4. The fourth-order valence-electron chi connectivity index (χ4n) is 2.83. The largest absolute Gasteiger partial charge is 0.468 e. The van der Waals surface area contributed by atoms with E-state index in [0.29, 0.717) is 23.1 Å². The molecule has 1 aliphatic carbocycles. The topological polar surface area (TPSA) is 57.3 Å². The number of imidazole rings is 1. The van der Waals surface area contributed by atoms with Gasteiger partial charge in [0.2, 0.25) is 0 Å². The molecule has 128 valence electrons. The molecule has 0 amide bonds. The number of carbonyl (C=O) groups is 1. The summed E-state index contributed by atoms with van der Waals surface area (Å²) >= 11 is 1.58. The molecule has 1 aliphatic rings. The molecule has 0 unspecified atom stereocenters. The molecule has 0 N–H and O–H groups in total. The number of ether oxygens (including phenoxy) is 1. The summed E-state index contributed by atoms with van der Waals surface area (Å²) in [6, 6.07) is 12.5. The van der Waals surface area contributed by atoms with Crippen LogP contribution in [0, 0.1) is 0 Å². The van der Waals surface area contributed by atoms with E-state index in [9.17, 15) is 4.79 Å². The van der Waals surface area contributed by atoms with Crippen LogP contribution in [-0.2, 0) is 10.5 Å². The van der Waals surface area contributed by atoms with Crippen molar-refractivity contribution in [1.29, 1.82) is 0 Å². The first-order chi connectivity index (χ1) is 12.3. The molecule has 1 saturated carbocycles. The van der Waals surface area contributed by atoms with E-state index in [2.05, 4.69) is 21.7 Å². The first-order valence-corrected chi connectivity index (χ1v) is 9.16. The van der Waals surface area contributed by atoms with E-state index >= 15 is 0 Å². The second kappa shape index (κ2) is 6.80. The highest BCUT2D eigenvalue weighted by Crippen LogP contribution is 2.42. The monoisotopic (exact) mass is 354 g/mol. The van der Waals surface area contributed by atoms with Gasteiger partial charge in [0, 0.05) is 6.04 Å². The van der Waals surface area contributed by atoms with E-state index in [4.69, 9.17) is 9.15 Å². The summed E-state index contributed by atoms with van der Waals surface area (Å²) in [6.45, 7) is 0. The average molecular weight is 354 g/mol. The molecule has 2 aromatic heterocycles. The van der Waals surface area contributed by atoms with Crippen LogP contribution in [0.2, 0.25) is 0 Å². The van der Waals surface area contributed by atoms with Gasteiger partial charge >= 0.3 is 5.97 Å². The van der Waals surface area contributed by atoms with Crippen molar-refractivity contribution in [2.24, 2.45) is 0 Å². The third kappa shape index (κ3) is 3.22. The molecule has 1 aromatic carbocycles. The summed E-state index contributed by atoms with van der Waals surface area (Å²) in [6.07, 6.45) is 5.81. The summed E-state index contributed by atoms with van der Waals surface area (Å²) in [5, 5.41) is 0.952. The summed E-state index contributed by atoms with van der Waals surface area (Å²) in [5.74, 6) is 0.776. The Balaban J connectivity index is 1.59. The number of thioether (sulfide) groups is 1. The highest BCUT2D eigenvalue weighted by atomic mass is 32.2. The third-order valence-corrected chi connectivity index (χ3v) is 5.19. The number of esters is 1. The van der Waals surface area contributed by atoms with Crippen LogP contribution in [0.15, 0.2) is 58.4 Å². The average Bonchev–Trinajstić information content (AvgIpc) is 3.23. The van der Waals surface area contributed by atoms with Crippen molar-refractivity contribution in [2.75, 3.05) is 7.11 Å². The van der Waals surface area contributed by atoms with E-state index in [-0.39, 0.29) is 5.97 Å². The Hall–Kier alpha value is -2.47. The van der Waals surface area contributed by atoms with Gasteiger partial charge in [-0.25, -0.2) is 9.78 Å². The van der Waals surface area contributed by atoms with Crippen molar-refractivity contribution < 1.29 is 13.9 Å². The molecule has 0 saturated heterocycles. The van der Waals surface area contributed by atoms with E-state index in [1.165, 1.54) is 31.8 Å². The Kier molecular flexibility index (Phi) is 4.36. The van der Waals surface area contributed by atoms with Crippen molar-refractivity contribution in [1.82, 2.24) is 9.55 Å². The molecule has 0 spiro atoms. The van der Waals surface area contributed by atoms with Crippen LogP contribution in [0.3, 0.4) is 0 Å². The van der Waals surface area contributed by atoms with Gasteiger partial charge < -0.3 is 13.7 Å². The van der Waals surface area contributed by atoms with Crippen molar-refractivity contribution in [3.05, 3.63) is 60.2 Å². The molecule has 0 bridgehead atoms. The predicted molar refractivity (Wildman–Crippen MR) is 95.5 cm³/mol. The minimum absolute atomic E-state index is 0.375. The van der Waals surface area contributed by atoms with Crippen molar-refractivity contribution >= 4 is 17.7 Å². The summed E-state index contributed by atoms with van der Waals surface area (Å²) in [5.41, 5.74) is 2.78. The second-order valence-corrected chi connectivity index (χ2v) is 6.87. The number of rotatable bonds is 6. The third-order valence-electron chi connectivity index (χ3n) is 4.23. The van der Waals surface area contributed by atoms with Gasteiger partial charge in [0.05, 0.1) is 31.0 Å². The zero-order chi connectivity index (χ0) is 17.2. The Morgan fingerprint density at radius 2 is 2.12 bits per heavy atom. The van der Waals surface area contributed by atoms with Crippen molar-refractivity contribution in [2.45, 2.75) is 29.8 Å². The predicted octanol–water partition coefficient (Wildman–Crippen LogP) is 4.56. The number of hydrogen-bond acceptors (Lipinski definition) is 5. The summed E-state index contributed by atoms with van der Waals surface area (Å²) < 4.78 is 12.6. The lowest BCUT2D eigenvalue weighted by atomic mass is 10.2. The number of carbonyl (C=O) groups excluding carboxylic acids is 1. The maximum absolute atomic E-state index is 11.8. The van der Waals surface area contributed by atoms with Crippen LogP contribution in [0.25, 0.3) is 11.3 Å². The first kappa shape index (κ1) is 16.0. The van der Waals surface area contributed by atoms with Crippen LogP contribution < -0.4 is 0 Å². The van der Waals surface area contributed by atoms with Crippen LogP contribution in [-0.4, -0.2) is 22.6 Å². The van der Waals surface area contributed by atoms with Crippen LogP contribution in [0.5, 0.6) is 0 Å². The van der Waals surface area contributed by atoms with E-state index in [1.807, 2.05) is 24.4 Å². The van der Waals surface area contributed by atoms with Gasteiger partial charge in [0.1, 0.15) is 11.3 Å². The number of benzene rings is 1. The van der Waals surface area contributed by atoms with E-state index in [1.54, 1.807) is 17.8 Å². The van der Waals surface area contributed by atoms with Gasteiger partial charge in [-0.05, 0) is 24.5 Å². The molecule has 2 heterocycles. The lowest BCUT2D eigenvalue weighted by molar-refractivity contribution is 0.0598. The minimum atomic E-state index is -0.375. The lowest BCUT2D eigenvalue weighted by Gasteiger charge is -2.10. The molecule has 0 aliphatic heterocycles. The van der Waals surface area contributed by atoms with E-state index in [0.717, 1.165) is 10.9 Å². The lowest BCUT2D eigenvalue weighted by Crippen LogP contribution is -2.03. The standard InChI is InChI=1S/C19H18N2O3S/c1-23-18(22)15-9-10-24-17(15)12-25-19-20-11-16(21(19)14-7-8-14)13-5-3-2-4-6-13/h2-6,9-11,14H,7-8,12H2,1H3. The van der Waals surface area contributed by atoms with Gasteiger partial charge in [-0.15, -0.1) is 0 Å². The van der Waals surface area contributed by atoms with Gasteiger partial charge in [-0.2, -0.15) is 0 Å². The second-order valence-electron chi connectivity index (χ2n) is 5.93. The Morgan fingerprint density at radius 1 is 1.32 bits per heavy atom. The molecule has 0 radical (unpaired) electrons. The molecule has 3 aromatic rings. The zero-order valence-corrected chi connectivity index (χ0v) is 14.7. The number of nitrogens with zero attached hydrogens (tertiary/aromatic N) is 2. The quantitative estimate of drug-likeness (QED) is 0.480. The fraction of sp³-hybridized carbons (Fsp3) is 0.263. The normalized spacial score (nSPS) is 13.8. The van der Waals surface area contributed by atoms with Crippen molar-refractivity contribution in [3.8, 4) is 11.3 Å². The molecule has 6 heteroatoms. The Labute approximate surface area is 150 Å². The number of hydrogen-bond donors (Lipinski definition) is 0. The molecule has 1 fully saturated rings. The highest BCUT2D eigenvalue weighted by Gasteiger charge is 2.29. The van der Waals surface area contributed by atoms with Gasteiger partial charge in [-0.3, -0.25) is 0 Å². The van der Waals surface area contributed by atoms with E-state index < -0.39 is 0 Å². The van der Waals surface area contributed by atoms with Gasteiger partial charge in [0.25, 0.3) is 0 Å². The molecular weight excluding hydrogens is 336 g/mol. The maximum Gasteiger partial charge on any atom is 0.341 e. The van der Waals surface area contributed by atoms with Crippen molar-refractivity contribution in [3.63, 3.8) is 0 Å². The maximum atomic E-state index is 11.8. The van der Waals surface area contributed by atoms with Gasteiger partial charge in [0.15, 0.2) is 5.16 Å². The number of furan rings is 1. The summed E-state index contributed by atoms with van der Waals surface area (Å²) in [7, 11) is 1.37. The Morgan fingerprint density at radius 3 is 2.84 bits per heavy atom. The zero-order valence-electron chi connectivity index (χ0n) is 13.8. The number of methoxy groups -OCH3 is 1. The van der Waals surface area contributed by atoms with Crippen LogP contribution in [0.1, 0.15) is 35.0 Å². The SMILES string of the molecule is COC(=O)c1ccoc1CSc1ncc(-c2ccccc2)n1C1CC1. The number of aromatic nitrogens is 2. The minimum Gasteiger partial charge on any atom is -0.468 e. The fourth-order valence-corrected chi connectivity index (χ4v) is 3.83. The highest BCUT2D eigenvalue weighted by molar-refractivity contribution is 7.98. The molecule has 4 rings (SSSR count). The first-order valence-electron chi connectivity index (χ1n) is 8.18. The van der Waals surface area contributed by atoms with Gasteiger partial charge in [-0.1, -0.05) is 42.1 Å². The van der Waals surface area contributed by atoms with Crippen LogP contribution in [0.4, 0.5) is 0 Å². The molecule has 0 atom stereocenters. The smallest absolute Gasteiger partial charge is 0.341 e. The molecule has 25 heavy (non-hydrogen) atoms. The van der Waals surface area contributed by atoms with Crippen LogP contribution >= 0.6 is 11.8 Å².